The molecule has 1 amide bonds. The molecule has 1 aromatic heterocycles. The molecule has 1 aromatic carbocycles. The number of hydrogen-bond acceptors (Lipinski definition) is 4. The third-order valence-electron chi connectivity index (χ3n) is 2.91. The van der Waals surface area contributed by atoms with Gasteiger partial charge in [-0.2, -0.15) is 0 Å². The van der Waals surface area contributed by atoms with Crippen LogP contribution in [0.25, 0.3) is 0 Å². The third-order valence-corrected chi connectivity index (χ3v) is 4.06. The van der Waals surface area contributed by atoms with Gasteiger partial charge in [-0.15, -0.1) is 0 Å². The molecule has 2 N–H and O–H groups in total. The molecule has 2 aromatic rings. The Morgan fingerprint density at radius 3 is 2.64 bits per heavy atom. The number of rotatable bonds is 5. The monoisotopic (exact) mass is 427 g/mol. The second-order valence-corrected chi connectivity index (χ2v) is 6.34. The first-order chi connectivity index (χ1) is 10.5. The molecule has 0 aliphatic carbocycles. The van der Waals surface area contributed by atoms with Crippen LogP contribution in [0.15, 0.2) is 45.5 Å². The van der Waals surface area contributed by atoms with Gasteiger partial charge in [0.1, 0.15) is 6.04 Å². The first-order valence-corrected chi connectivity index (χ1v) is 8.10. The van der Waals surface area contributed by atoms with Gasteiger partial charge in [0.05, 0.1) is 24.7 Å². The summed E-state index contributed by atoms with van der Waals surface area (Å²) in [6.07, 6.45) is 1.62. The summed E-state index contributed by atoms with van der Waals surface area (Å²) in [7, 11) is 1.56. The van der Waals surface area contributed by atoms with E-state index in [1.807, 2.05) is 24.3 Å². The molecular formula is C15H15Br2N3O2. The fourth-order valence-corrected chi connectivity index (χ4v) is 2.88. The summed E-state index contributed by atoms with van der Waals surface area (Å²) in [5.74, 6) is 0.389. The zero-order valence-corrected chi connectivity index (χ0v) is 15.2. The molecule has 0 fully saturated rings. The van der Waals surface area contributed by atoms with E-state index in [1.54, 1.807) is 26.3 Å². The molecule has 116 valence electrons. The molecule has 7 heteroatoms. The molecular weight excluding hydrogens is 414 g/mol. The minimum atomic E-state index is -0.411. The number of nitrogens with one attached hydrogen (secondary N) is 2. The predicted octanol–water partition coefficient (Wildman–Crippen LogP) is 4.05. The Morgan fingerprint density at radius 1 is 1.27 bits per heavy atom. The normalized spacial score (nSPS) is 11.6. The Balaban J connectivity index is 1.99. The summed E-state index contributed by atoms with van der Waals surface area (Å²) in [5, 5.41) is 5.96. The highest BCUT2D eigenvalue weighted by molar-refractivity contribution is 9.11. The van der Waals surface area contributed by atoms with Crippen LogP contribution in [0.2, 0.25) is 0 Å². The topological polar surface area (TPSA) is 63.2 Å². The van der Waals surface area contributed by atoms with E-state index >= 15 is 0 Å². The van der Waals surface area contributed by atoms with E-state index in [1.165, 1.54) is 0 Å². The quantitative estimate of drug-likeness (QED) is 0.753. The van der Waals surface area contributed by atoms with Crippen molar-refractivity contribution in [1.29, 1.82) is 0 Å². The molecule has 0 aliphatic heterocycles. The van der Waals surface area contributed by atoms with Gasteiger partial charge in [0.25, 0.3) is 0 Å². The van der Waals surface area contributed by atoms with Gasteiger partial charge in [-0.3, -0.25) is 4.79 Å². The molecule has 1 atom stereocenters. The van der Waals surface area contributed by atoms with Crippen LogP contribution in [0.5, 0.6) is 5.88 Å². The molecule has 0 radical (unpaired) electrons. The lowest BCUT2D eigenvalue weighted by atomic mass is 10.2. The molecule has 2 rings (SSSR count). The summed E-state index contributed by atoms with van der Waals surface area (Å²) >= 11 is 6.79. The maximum atomic E-state index is 12.2. The van der Waals surface area contributed by atoms with Gasteiger partial charge in [-0.25, -0.2) is 4.98 Å². The SMILES string of the molecule is COc1ccc(NC(C)C(=O)Nc2ccc(Br)cc2Br)cn1. The Hall–Kier alpha value is -1.60. The second kappa shape index (κ2) is 7.60. The predicted molar refractivity (Wildman–Crippen MR) is 94.3 cm³/mol. The fraction of sp³-hybridized carbons (Fsp3) is 0.200. The zero-order chi connectivity index (χ0) is 16.1. The lowest BCUT2D eigenvalue weighted by Crippen LogP contribution is -2.32. The van der Waals surface area contributed by atoms with Gasteiger partial charge in [0, 0.05) is 15.0 Å². The summed E-state index contributed by atoms with van der Waals surface area (Å²) in [5.41, 5.74) is 1.47. The van der Waals surface area contributed by atoms with Crippen LogP contribution < -0.4 is 15.4 Å². The van der Waals surface area contributed by atoms with Gasteiger partial charge in [0.2, 0.25) is 11.8 Å². The number of amides is 1. The van der Waals surface area contributed by atoms with Crippen LogP contribution >= 0.6 is 31.9 Å². The molecule has 22 heavy (non-hydrogen) atoms. The number of halogens is 2. The van der Waals surface area contributed by atoms with Gasteiger partial charge in [-0.1, -0.05) is 15.9 Å². The smallest absolute Gasteiger partial charge is 0.246 e. The lowest BCUT2D eigenvalue weighted by Gasteiger charge is -2.16. The first-order valence-electron chi connectivity index (χ1n) is 6.52. The van der Waals surface area contributed by atoms with E-state index in [2.05, 4.69) is 47.5 Å². The fourth-order valence-electron chi connectivity index (χ4n) is 1.73. The van der Waals surface area contributed by atoms with Crippen LogP contribution in [-0.4, -0.2) is 24.0 Å². The van der Waals surface area contributed by atoms with E-state index in [9.17, 15) is 4.79 Å². The van der Waals surface area contributed by atoms with E-state index in [0.29, 0.717) is 5.88 Å². The summed E-state index contributed by atoms with van der Waals surface area (Å²) < 4.78 is 6.75. The average molecular weight is 429 g/mol. The van der Waals surface area contributed by atoms with Crippen molar-refractivity contribution >= 4 is 49.1 Å². The summed E-state index contributed by atoms with van der Waals surface area (Å²) in [6.45, 7) is 1.78. The Bertz CT molecular complexity index is 662. The van der Waals surface area contributed by atoms with Crippen molar-refractivity contribution in [2.24, 2.45) is 0 Å². The van der Waals surface area contributed by atoms with Gasteiger partial charge < -0.3 is 15.4 Å². The highest BCUT2D eigenvalue weighted by Gasteiger charge is 2.14. The maximum absolute atomic E-state index is 12.2. The number of hydrogen-bond donors (Lipinski definition) is 2. The van der Waals surface area contributed by atoms with Gasteiger partial charge >= 0.3 is 0 Å². The zero-order valence-electron chi connectivity index (χ0n) is 12.1. The number of aromatic nitrogens is 1. The van der Waals surface area contributed by atoms with Crippen molar-refractivity contribution in [3.63, 3.8) is 0 Å². The number of pyridine rings is 1. The Labute approximate surface area is 145 Å². The van der Waals surface area contributed by atoms with Crippen LogP contribution in [0.3, 0.4) is 0 Å². The van der Waals surface area contributed by atoms with Crippen molar-refractivity contribution in [3.8, 4) is 5.88 Å². The van der Waals surface area contributed by atoms with Gasteiger partial charge in [0.15, 0.2) is 0 Å². The minimum Gasteiger partial charge on any atom is -0.481 e. The number of nitrogens with zero attached hydrogens (tertiary/aromatic N) is 1. The minimum absolute atomic E-state index is 0.140. The van der Waals surface area contributed by atoms with Crippen LogP contribution in [0.4, 0.5) is 11.4 Å². The van der Waals surface area contributed by atoms with Crippen molar-refractivity contribution in [2.45, 2.75) is 13.0 Å². The van der Waals surface area contributed by atoms with Gasteiger partial charge in [-0.05, 0) is 47.1 Å². The van der Waals surface area contributed by atoms with E-state index in [4.69, 9.17) is 4.74 Å². The standard InChI is InChI=1S/C15H15Br2N3O2/c1-9(19-11-4-6-14(22-2)18-8-11)15(21)20-13-5-3-10(16)7-12(13)17/h3-9,19H,1-2H3,(H,20,21). The lowest BCUT2D eigenvalue weighted by molar-refractivity contribution is -0.116. The van der Waals surface area contributed by atoms with Crippen molar-refractivity contribution in [3.05, 3.63) is 45.5 Å². The van der Waals surface area contributed by atoms with Crippen molar-refractivity contribution in [2.75, 3.05) is 17.7 Å². The molecule has 0 saturated heterocycles. The van der Waals surface area contributed by atoms with E-state index < -0.39 is 6.04 Å². The Kier molecular flexibility index (Phi) is 5.79. The largest absolute Gasteiger partial charge is 0.481 e. The Morgan fingerprint density at radius 2 is 2.05 bits per heavy atom. The third kappa shape index (κ3) is 4.45. The van der Waals surface area contributed by atoms with Crippen molar-refractivity contribution < 1.29 is 9.53 Å². The number of carbonyl (C=O) groups is 1. The maximum Gasteiger partial charge on any atom is 0.246 e. The number of benzene rings is 1. The molecule has 1 heterocycles. The van der Waals surface area contributed by atoms with E-state index in [0.717, 1.165) is 20.3 Å². The molecule has 0 saturated carbocycles. The summed E-state index contributed by atoms with van der Waals surface area (Å²) in [6, 6.07) is 8.70. The highest BCUT2D eigenvalue weighted by atomic mass is 79.9. The number of carbonyl (C=O) groups excluding carboxylic acids is 1. The molecule has 5 nitrogen and oxygen atoms in total. The number of methoxy groups -OCH3 is 1. The average Bonchev–Trinajstić information content (AvgIpc) is 2.50. The second-order valence-electron chi connectivity index (χ2n) is 4.57. The molecule has 0 aliphatic rings. The van der Waals surface area contributed by atoms with Crippen molar-refractivity contribution in [1.82, 2.24) is 4.98 Å². The number of anilines is 2. The highest BCUT2D eigenvalue weighted by Crippen LogP contribution is 2.26. The molecule has 0 bridgehead atoms. The molecule has 1 unspecified atom stereocenters. The van der Waals surface area contributed by atoms with Crippen LogP contribution in [0.1, 0.15) is 6.92 Å². The number of ether oxygens (including phenoxy) is 1. The summed E-state index contributed by atoms with van der Waals surface area (Å²) in [4.78, 5) is 16.3. The van der Waals surface area contributed by atoms with E-state index in [-0.39, 0.29) is 5.91 Å². The van der Waals surface area contributed by atoms with Crippen LogP contribution in [-0.2, 0) is 4.79 Å². The molecule has 0 spiro atoms. The first kappa shape index (κ1) is 16.8. The van der Waals surface area contributed by atoms with Crippen LogP contribution in [0, 0.1) is 0 Å².